The summed E-state index contributed by atoms with van der Waals surface area (Å²) >= 11 is 0. The first kappa shape index (κ1) is 31.9. The van der Waals surface area contributed by atoms with Gasteiger partial charge in [0, 0.05) is 43.2 Å². The first-order chi connectivity index (χ1) is 18.6. The monoisotopic (exact) mass is 545 g/mol. The summed E-state index contributed by atoms with van der Waals surface area (Å²) in [5, 5.41) is 16.4. The third kappa shape index (κ3) is 10.4. The number of aliphatic hydroxyl groups excluding tert-OH is 1. The lowest BCUT2D eigenvalue weighted by Crippen LogP contribution is -2.46. The molecule has 0 spiro atoms. The van der Waals surface area contributed by atoms with Crippen LogP contribution in [0.15, 0.2) is 36.4 Å². The van der Waals surface area contributed by atoms with E-state index in [2.05, 4.69) is 10.6 Å². The number of hydrogen-bond acceptors (Lipinski definition) is 4. The van der Waals surface area contributed by atoms with Crippen LogP contribution in [0.5, 0.6) is 0 Å². The van der Waals surface area contributed by atoms with Gasteiger partial charge in [0.1, 0.15) is 11.6 Å². The molecule has 2 aromatic carbocycles. The van der Waals surface area contributed by atoms with Crippen LogP contribution in [0.2, 0.25) is 0 Å². The molecule has 3 amide bonds. The summed E-state index contributed by atoms with van der Waals surface area (Å²) in [4.78, 5) is 40.0. The number of aliphatic hydroxyl groups is 1. The molecule has 3 N–H and O–H groups in total. The highest BCUT2D eigenvalue weighted by Crippen LogP contribution is 2.16. The van der Waals surface area contributed by atoms with Gasteiger partial charge in [-0.2, -0.15) is 0 Å². The van der Waals surface area contributed by atoms with Gasteiger partial charge >= 0.3 is 0 Å². The second-order valence-electron chi connectivity index (χ2n) is 9.90. The molecule has 2 rings (SSSR count). The van der Waals surface area contributed by atoms with E-state index in [-0.39, 0.29) is 42.3 Å². The molecular weight excluding hydrogens is 504 g/mol. The van der Waals surface area contributed by atoms with Crippen LogP contribution >= 0.6 is 0 Å². The lowest BCUT2D eigenvalue weighted by Gasteiger charge is -2.25. The number of benzene rings is 2. The minimum Gasteiger partial charge on any atom is -0.391 e. The number of hydrogen-bond donors (Lipinski definition) is 3. The molecule has 2 unspecified atom stereocenters. The summed E-state index contributed by atoms with van der Waals surface area (Å²) in [5.41, 5.74) is 1.62. The van der Waals surface area contributed by atoms with E-state index in [9.17, 15) is 28.3 Å². The highest BCUT2D eigenvalue weighted by Gasteiger charge is 2.24. The van der Waals surface area contributed by atoms with Gasteiger partial charge in [-0.1, -0.05) is 20.8 Å². The maximum atomic E-state index is 13.8. The number of rotatable bonds is 15. The molecule has 9 heteroatoms. The molecule has 0 heterocycles. The average molecular weight is 546 g/mol. The van der Waals surface area contributed by atoms with Crippen LogP contribution in [0, 0.1) is 18.6 Å². The smallest absolute Gasteiger partial charge is 0.253 e. The number of aryl methyl sites for hydroxylation is 1. The highest BCUT2D eigenvalue weighted by atomic mass is 19.1. The zero-order valence-corrected chi connectivity index (χ0v) is 23.4. The predicted octanol–water partition coefficient (Wildman–Crippen LogP) is 4.54. The van der Waals surface area contributed by atoms with Crippen molar-refractivity contribution in [3.05, 3.63) is 70.3 Å². The van der Waals surface area contributed by atoms with Crippen molar-refractivity contribution < 1.29 is 28.3 Å². The highest BCUT2D eigenvalue weighted by molar-refractivity contribution is 6.00. The fourth-order valence-electron chi connectivity index (χ4n) is 4.47. The lowest BCUT2D eigenvalue weighted by molar-refractivity contribution is -0.121. The zero-order valence-electron chi connectivity index (χ0n) is 23.4. The van der Waals surface area contributed by atoms with Crippen LogP contribution in [0.3, 0.4) is 0 Å². The topological polar surface area (TPSA) is 98.7 Å². The Hall–Kier alpha value is -3.33. The predicted molar refractivity (Wildman–Crippen MR) is 148 cm³/mol. The van der Waals surface area contributed by atoms with Gasteiger partial charge in [0.05, 0.1) is 12.1 Å². The van der Waals surface area contributed by atoms with Crippen LogP contribution < -0.4 is 10.6 Å². The molecule has 0 radical (unpaired) electrons. The molecule has 7 nitrogen and oxygen atoms in total. The molecule has 0 aliphatic carbocycles. The number of carbonyl (C=O) groups is 3. The first-order valence-electron chi connectivity index (χ1n) is 13.7. The van der Waals surface area contributed by atoms with Crippen LogP contribution in [-0.2, 0) is 11.2 Å². The standard InChI is InChI=1S/C30H41F2N3O4/c1-5-8-28(37)33-10-9-27(36)26(17-21-15-24(31)19-25(32)16-21)34-29(38)22-13-20(4)14-23(18-22)30(39)35(11-6-2)12-7-3/h13-16,18-19,26-27,36H,5-12,17H2,1-4H3,(H,33,37)(H,34,38). The summed E-state index contributed by atoms with van der Waals surface area (Å²) in [7, 11) is 0. The maximum Gasteiger partial charge on any atom is 0.253 e. The summed E-state index contributed by atoms with van der Waals surface area (Å²) in [6.45, 7) is 9.06. The summed E-state index contributed by atoms with van der Waals surface area (Å²) in [6.07, 6.45) is 1.64. The van der Waals surface area contributed by atoms with E-state index < -0.39 is 29.7 Å². The minimum absolute atomic E-state index is 0.0388. The molecule has 0 aliphatic heterocycles. The van der Waals surface area contributed by atoms with Gasteiger partial charge < -0.3 is 20.6 Å². The van der Waals surface area contributed by atoms with Crippen molar-refractivity contribution in [2.24, 2.45) is 0 Å². The second kappa shape index (κ2) is 15.9. The number of amides is 3. The number of carbonyl (C=O) groups excluding carboxylic acids is 3. The third-order valence-corrected chi connectivity index (χ3v) is 6.26. The first-order valence-corrected chi connectivity index (χ1v) is 13.7. The van der Waals surface area contributed by atoms with E-state index in [1.54, 1.807) is 24.0 Å². The van der Waals surface area contributed by atoms with Gasteiger partial charge in [0.25, 0.3) is 11.8 Å². The van der Waals surface area contributed by atoms with Crippen molar-refractivity contribution in [1.82, 2.24) is 15.5 Å². The molecule has 39 heavy (non-hydrogen) atoms. The van der Waals surface area contributed by atoms with Gasteiger partial charge in [0.15, 0.2) is 0 Å². The summed E-state index contributed by atoms with van der Waals surface area (Å²) in [6, 6.07) is 7.06. The Morgan fingerprint density at radius 3 is 2.10 bits per heavy atom. The van der Waals surface area contributed by atoms with Crippen molar-refractivity contribution in [1.29, 1.82) is 0 Å². The van der Waals surface area contributed by atoms with Crippen LogP contribution in [0.1, 0.15) is 84.7 Å². The van der Waals surface area contributed by atoms with Crippen molar-refractivity contribution >= 4 is 17.7 Å². The van der Waals surface area contributed by atoms with Crippen molar-refractivity contribution in [2.45, 2.75) is 78.4 Å². The Balaban J connectivity index is 2.27. The largest absolute Gasteiger partial charge is 0.391 e. The molecule has 0 saturated heterocycles. The van der Waals surface area contributed by atoms with Crippen LogP contribution in [0.25, 0.3) is 0 Å². The molecule has 0 aromatic heterocycles. The summed E-state index contributed by atoms with van der Waals surface area (Å²) in [5.74, 6) is -2.36. The Kier molecular flexibility index (Phi) is 13.0. The van der Waals surface area contributed by atoms with E-state index >= 15 is 0 Å². The van der Waals surface area contributed by atoms with Crippen molar-refractivity contribution in [3.8, 4) is 0 Å². The number of nitrogens with zero attached hydrogens (tertiary/aromatic N) is 1. The Bertz CT molecular complexity index is 1100. The molecule has 0 saturated carbocycles. The van der Waals surface area contributed by atoms with Gasteiger partial charge in [-0.3, -0.25) is 14.4 Å². The average Bonchev–Trinajstić information content (AvgIpc) is 2.86. The van der Waals surface area contributed by atoms with Gasteiger partial charge in [0.2, 0.25) is 5.91 Å². The van der Waals surface area contributed by atoms with Crippen molar-refractivity contribution in [3.63, 3.8) is 0 Å². The Morgan fingerprint density at radius 1 is 0.897 bits per heavy atom. The van der Waals surface area contributed by atoms with Crippen LogP contribution in [0.4, 0.5) is 8.78 Å². The number of halogens is 2. The molecule has 0 aliphatic rings. The summed E-state index contributed by atoms with van der Waals surface area (Å²) < 4.78 is 27.7. The fourth-order valence-corrected chi connectivity index (χ4v) is 4.47. The van der Waals surface area contributed by atoms with E-state index in [1.807, 2.05) is 20.8 Å². The second-order valence-corrected chi connectivity index (χ2v) is 9.90. The molecular formula is C30H41F2N3O4. The van der Waals surface area contributed by atoms with E-state index in [1.165, 1.54) is 6.07 Å². The molecule has 0 fully saturated rings. The lowest BCUT2D eigenvalue weighted by atomic mass is 9.97. The molecule has 0 bridgehead atoms. The van der Waals surface area contributed by atoms with Crippen molar-refractivity contribution in [2.75, 3.05) is 19.6 Å². The van der Waals surface area contributed by atoms with E-state index in [4.69, 9.17) is 0 Å². The Labute approximate surface area is 230 Å². The SMILES string of the molecule is CCCC(=O)NCCC(O)C(Cc1cc(F)cc(F)c1)NC(=O)c1cc(C)cc(C(=O)N(CCC)CCC)c1. The normalized spacial score (nSPS) is 12.5. The van der Waals surface area contributed by atoms with Gasteiger partial charge in [-0.15, -0.1) is 0 Å². The Morgan fingerprint density at radius 2 is 1.51 bits per heavy atom. The van der Waals surface area contributed by atoms with Gasteiger partial charge in [-0.25, -0.2) is 8.78 Å². The van der Waals surface area contributed by atoms with Crippen LogP contribution in [-0.4, -0.2) is 59.5 Å². The zero-order chi connectivity index (χ0) is 28.9. The van der Waals surface area contributed by atoms with Gasteiger partial charge in [-0.05, 0) is 80.5 Å². The van der Waals surface area contributed by atoms with E-state index in [0.717, 1.165) is 36.6 Å². The maximum absolute atomic E-state index is 13.8. The third-order valence-electron chi connectivity index (χ3n) is 6.26. The fraction of sp³-hybridized carbons (Fsp3) is 0.500. The number of nitrogens with one attached hydrogen (secondary N) is 2. The molecule has 2 atom stereocenters. The van der Waals surface area contributed by atoms with E-state index in [0.29, 0.717) is 31.5 Å². The quantitative estimate of drug-likeness (QED) is 0.306. The molecule has 2 aromatic rings. The minimum atomic E-state index is -1.11. The molecule has 214 valence electrons.